The van der Waals surface area contributed by atoms with Crippen LogP contribution in [-0.2, 0) is 9.53 Å². The SMILES string of the molecule is C[C@@]12CCC(=O)C=C1CC(OC(=O)c1ccccc1)C2. The minimum atomic E-state index is -0.273. The maximum Gasteiger partial charge on any atom is 0.338 e. The Hall–Kier alpha value is -1.90. The lowest BCUT2D eigenvalue weighted by Gasteiger charge is -2.28. The Labute approximate surface area is 118 Å². The zero-order chi connectivity index (χ0) is 14.2. The van der Waals surface area contributed by atoms with E-state index in [1.54, 1.807) is 18.2 Å². The van der Waals surface area contributed by atoms with E-state index in [-0.39, 0.29) is 23.3 Å². The lowest BCUT2D eigenvalue weighted by molar-refractivity contribution is -0.115. The summed E-state index contributed by atoms with van der Waals surface area (Å²) in [5.74, 6) is -0.0720. The van der Waals surface area contributed by atoms with Crippen LogP contribution in [0.25, 0.3) is 0 Å². The minimum absolute atomic E-state index is 0.0372. The number of rotatable bonds is 2. The Morgan fingerprint density at radius 3 is 2.80 bits per heavy atom. The molecule has 3 heteroatoms. The van der Waals surface area contributed by atoms with E-state index < -0.39 is 0 Å². The van der Waals surface area contributed by atoms with Crippen LogP contribution in [-0.4, -0.2) is 17.9 Å². The van der Waals surface area contributed by atoms with Gasteiger partial charge in [-0.3, -0.25) is 4.79 Å². The second-order valence-electron chi connectivity index (χ2n) is 6.00. The second kappa shape index (κ2) is 4.89. The monoisotopic (exact) mass is 270 g/mol. The van der Waals surface area contributed by atoms with Crippen LogP contribution in [0.1, 0.15) is 43.0 Å². The number of ether oxygens (including phenoxy) is 1. The normalized spacial score (nSPS) is 28.8. The van der Waals surface area contributed by atoms with Gasteiger partial charge in [0.05, 0.1) is 5.56 Å². The van der Waals surface area contributed by atoms with Crippen molar-refractivity contribution >= 4 is 11.8 Å². The van der Waals surface area contributed by atoms with Crippen LogP contribution in [0.15, 0.2) is 42.0 Å². The molecule has 0 aliphatic heterocycles. The molecule has 20 heavy (non-hydrogen) atoms. The van der Waals surface area contributed by atoms with E-state index in [1.807, 2.05) is 18.2 Å². The molecule has 1 aromatic carbocycles. The molecule has 0 heterocycles. The van der Waals surface area contributed by atoms with Crippen LogP contribution in [0, 0.1) is 5.41 Å². The van der Waals surface area contributed by atoms with Crippen LogP contribution in [0.3, 0.4) is 0 Å². The van der Waals surface area contributed by atoms with Crippen molar-refractivity contribution in [3.8, 4) is 0 Å². The molecule has 0 saturated heterocycles. The third-order valence-corrected chi connectivity index (χ3v) is 4.44. The Bertz CT molecular complexity index is 573. The number of allylic oxidation sites excluding steroid dienone is 1. The van der Waals surface area contributed by atoms with Gasteiger partial charge in [0, 0.05) is 12.8 Å². The summed E-state index contributed by atoms with van der Waals surface area (Å²) in [5, 5.41) is 0. The van der Waals surface area contributed by atoms with E-state index in [1.165, 1.54) is 0 Å². The molecule has 1 unspecified atom stereocenters. The molecular formula is C17H18O3. The van der Waals surface area contributed by atoms with Crippen LogP contribution in [0.2, 0.25) is 0 Å². The second-order valence-corrected chi connectivity index (χ2v) is 6.00. The quantitative estimate of drug-likeness (QED) is 0.774. The predicted octanol–water partition coefficient (Wildman–Crippen LogP) is 3.30. The van der Waals surface area contributed by atoms with Crippen LogP contribution in [0.4, 0.5) is 0 Å². The number of carbonyl (C=O) groups is 2. The topological polar surface area (TPSA) is 43.4 Å². The summed E-state index contributed by atoms with van der Waals surface area (Å²) in [6.07, 6.45) is 4.66. The maximum atomic E-state index is 12.1. The molecule has 104 valence electrons. The lowest BCUT2D eigenvalue weighted by Crippen LogP contribution is -2.22. The van der Waals surface area contributed by atoms with Crippen molar-refractivity contribution in [3.05, 3.63) is 47.5 Å². The van der Waals surface area contributed by atoms with Gasteiger partial charge in [0.25, 0.3) is 0 Å². The highest BCUT2D eigenvalue weighted by Crippen LogP contribution is 2.49. The van der Waals surface area contributed by atoms with Gasteiger partial charge in [-0.2, -0.15) is 0 Å². The van der Waals surface area contributed by atoms with Gasteiger partial charge in [0.15, 0.2) is 5.78 Å². The van der Waals surface area contributed by atoms with Crippen LogP contribution < -0.4 is 0 Å². The number of hydrogen-bond donors (Lipinski definition) is 0. The Morgan fingerprint density at radius 1 is 1.30 bits per heavy atom. The van der Waals surface area contributed by atoms with Crippen molar-refractivity contribution in [2.24, 2.45) is 5.41 Å². The summed E-state index contributed by atoms with van der Waals surface area (Å²) >= 11 is 0. The molecular weight excluding hydrogens is 252 g/mol. The summed E-state index contributed by atoms with van der Waals surface area (Å²) in [5.41, 5.74) is 1.77. The Balaban J connectivity index is 1.71. The predicted molar refractivity (Wildman–Crippen MR) is 75.3 cm³/mol. The summed E-state index contributed by atoms with van der Waals surface area (Å²) in [7, 11) is 0. The summed E-state index contributed by atoms with van der Waals surface area (Å²) in [6.45, 7) is 2.17. The number of benzene rings is 1. The number of hydrogen-bond acceptors (Lipinski definition) is 3. The average molecular weight is 270 g/mol. The molecule has 0 amide bonds. The highest BCUT2D eigenvalue weighted by Gasteiger charge is 2.43. The number of ketones is 1. The highest BCUT2D eigenvalue weighted by atomic mass is 16.5. The summed E-state index contributed by atoms with van der Waals surface area (Å²) < 4.78 is 5.60. The standard InChI is InChI=1S/C17H18O3/c1-17-8-7-14(18)9-13(17)10-15(11-17)20-16(19)12-5-3-2-4-6-12/h2-6,9,15H,7-8,10-11H2,1H3/t15?,17-/m0/s1. The van der Waals surface area contributed by atoms with Gasteiger partial charge in [0.2, 0.25) is 0 Å². The molecule has 3 nitrogen and oxygen atoms in total. The molecule has 0 spiro atoms. The first kappa shape index (κ1) is 13.1. The first-order chi connectivity index (χ1) is 9.57. The first-order valence-electron chi connectivity index (χ1n) is 7.07. The average Bonchev–Trinajstić information content (AvgIpc) is 2.75. The van der Waals surface area contributed by atoms with Gasteiger partial charge < -0.3 is 4.74 Å². The van der Waals surface area contributed by atoms with Crippen LogP contribution >= 0.6 is 0 Å². The van der Waals surface area contributed by atoms with E-state index in [9.17, 15) is 9.59 Å². The number of carbonyl (C=O) groups excluding carboxylic acids is 2. The van der Waals surface area contributed by atoms with E-state index in [0.717, 1.165) is 18.4 Å². The van der Waals surface area contributed by atoms with Gasteiger partial charge in [-0.1, -0.05) is 30.7 Å². The fourth-order valence-corrected chi connectivity index (χ4v) is 3.24. The molecule has 1 aromatic rings. The zero-order valence-electron chi connectivity index (χ0n) is 11.6. The largest absolute Gasteiger partial charge is 0.458 e. The van der Waals surface area contributed by atoms with Crippen molar-refractivity contribution in [1.29, 1.82) is 0 Å². The smallest absolute Gasteiger partial charge is 0.338 e. The molecule has 0 bridgehead atoms. The zero-order valence-corrected chi connectivity index (χ0v) is 11.6. The van der Waals surface area contributed by atoms with E-state index >= 15 is 0 Å². The summed E-state index contributed by atoms with van der Waals surface area (Å²) in [6, 6.07) is 9.04. The van der Waals surface area contributed by atoms with Crippen molar-refractivity contribution in [3.63, 3.8) is 0 Å². The van der Waals surface area contributed by atoms with E-state index in [0.29, 0.717) is 18.4 Å². The van der Waals surface area contributed by atoms with E-state index in [2.05, 4.69) is 6.92 Å². The van der Waals surface area contributed by atoms with Crippen LogP contribution in [0.5, 0.6) is 0 Å². The third-order valence-electron chi connectivity index (χ3n) is 4.44. The number of esters is 1. The van der Waals surface area contributed by atoms with E-state index in [4.69, 9.17) is 4.74 Å². The Morgan fingerprint density at radius 2 is 2.05 bits per heavy atom. The molecule has 0 N–H and O–H groups in total. The molecule has 2 aliphatic carbocycles. The fraction of sp³-hybridized carbons (Fsp3) is 0.412. The maximum absolute atomic E-state index is 12.1. The molecule has 2 atom stereocenters. The molecule has 1 fully saturated rings. The first-order valence-corrected chi connectivity index (χ1v) is 7.07. The van der Waals surface area contributed by atoms with Crippen molar-refractivity contribution in [1.82, 2.24) is 0 Å². The number of fused-ring (bicyclic) bond motifs is 1. The van der Waals surface area contributed by atoms with Crippen molar-refractivity contribution in [2.75, 3.05) is 0 Å². The van der Waals surface area contributed by atoms with Gasteiger partial charge in [-0.15, -0.1) is 0 Å². The summed E-state index contributed by atoms with van der Waals surface area (Å²) in [4.78, 5) is 23.6. The lowest BCUT2D eigenvalue weighted by atomic mass is 9.76. The van der Waals surface area contributed by atoms with Crippen molar-refractivity contribution in [2.45, 2.75) is 38.7 Å². The molecule has 0 radical (unpaired) electrons. The van der Waals surface area contributed by atoms with Gasteiger partial charge in [-0.25, -0.2) is 4.79 Å². The van der Waals surface area contributed by atoms with Gasteiger partial charge in [0.1, 0.15) is 6.10 Å². The third kappa shape index (κ3) is 2.40. The fourth-order valence-electron chi connectivity index (χ4n) is 3.24. The minimum Gasteiger partial charge on any atom is -0.458 e. The Kier molecular flexibility index (Phi) is 3.20. The molecule has 0 aromatic heterocycles. The molecule has 2 aliphatic rings. The van der Waals surface area contributed by atoms with Crippen molar-refractivity contribution < 1.29 is 14.3 Å². The molecule has 3 rings (SSSR count). The highest BCUT2D eigenvalue weighted by molar-refractivity contribution is 5.92. The van der Waals surface area contributed by atoms with Gasteiger partial charge >= 0.3 is 5.97 Å². The van der Waals surface area contributed by atoms with Gasteiger partial charge in [-0.05, 0) is 36.5 Å². The molecule has 1 saturated carbocycles.